The number of methoxy groups -OCH3 is 1. The van der Waals surface area contributed by atoms with E-state index in [0.717, 1.165) is 5.56 Å². The summed E-state index contributed by atoms with van der Waals surface area (Å²) in [6, 6.07) is 15.1. The van der Waals surface area contributed by atoms with Gasteiger partial charge in [0, 0.05) is 6.54 Å². The molecule has 0 saturated heterocycles. The van der Waals surface area contributed by atoms with Crippen LogP contribution in [0.5, 0.6) is 5.75 Å². The van der Waals surface area contributed by atoms with E-state index in [-0.39, 0.29) is 11.4 Å². The van der Waals surface area contributed by atoms with Crippen molar-refractivity contribution in [3.05, 3.63) is 60.2 Å². The average Bonchev–Trinajstić information content (AvgIpc) is 2.53. The second-order valence-electron chi connectivity index (χ2n) is 4.70. The third-order valence-electron chi connectivity index (χ3n) is 3.05. The van der Waals surface area contributed by atoms with Crippen LogP contribution in [0.15, 0.2) is 59.5 Å². The molecule has 0 spiro atoms. The standard InChI is InChI=1S/C16H17NO4S/c1-21-14-7-5-6-13(10-14)11-17-16(18)12-22(19,20)15-8-3-2-4-9-15/h2-10H,11-12H2,1H3,(H,17,18). The van der Waals surface area contributed by atoms with E-state index < -0.39 is 21.5 Å². The van der Waals surface area contributed by atoms with Crippen LogP contribution in [0.3, 0.4) is 0 Å². The molecule has 6 heteroatoms. The monoisotopic (exact) mass is 319 g/mol. The number of ether oxygens (including phenoxy) is 1. The Bertz CT molecular complexity index is 742. The molecule has 0 radical (unpaired) electrons. The van der Waals surface area contributed by atoms with E-state index in [2.05, 4.69) is 5.32 Å². The molecule has 0 atom stereocenters. The van der Waals surface area contributed by atoms with Crippen LogP contribution in [0, 0.1) is 0 Å². The Morgan fingerprint density at radius 3 is 2.50 bits per heavy atom. The van der Waals surface area contributed by atoms with Gasteiger partial charge in [0.1, 0.15) is 11.5 Å². The molecule has 0 aliphatic rings. The minimum Gasteiger partial charge on any atom is -0.497 e. The first-order valence-corrected chi connectivity index (χ1v) is 8.34. The van der Waals surface area contributed by atoms with Gasteiger partial charge in [0.25, 0.3) is 0 Å². The van der Waals surface area contributed by atoms with Crippen LogP contribution in [0.1, 0.15) is 5.56 Å². The maximum atomic E-state index is 12.1. The van der Waals surface area contributed by atoms with Crippen LogP contribution in [0.25, 0.3) is 0 Å². The maximum absolute atomic E-state index is 12.1. The third kappa shape index (κ3) is 4.33. The van der Waals surface area contributed by atoms with E-state index >= 15 is 0 Å². The van der Waals surface area contributed by atoms with Crippen LogP contribution < -0.4 is 10.1 Å². The number of sulfone groups is 1. The summed E-state index contributed by atoms with van der Waals surface area (Å²) in [7, 11) is -2.05. The highest BCUT2D eigenvalue weighted by Gasteiger charge is 2.18. The van der Waals surface area contributed by atoms with Crippen LogP contribution in [-0.2, 0) is 21.2 Å². The summed E-state index contributed by atoms with van der Waals surface area (Å²) in [5.74, 6) is -0.420. The molecule has 0 heterocycles. The van der Waals surface area contributed by atoms with Crippen molar-refractivity contribution in [3.63, 3.8) is 0 Å². The molecule has 0 aliphatic carbocycles. The first kappa shape index (κ1) is 16.0. The number of carbonyl (C=O) groups is 1. The highest BCUT2D eigenvalue weighted by atomic mass is 32.2. The molecular formula is C16H17NO4S. The van der Waals surface area contributed by atoms with Gasteiger partial charge in [-0.05, 0) is 29.8 Å². The fourth-order valence-corrected chi connectivity index (χ4v) is 3.10. The smallest absolute Gasteiger partial charge is 0.235 e. The Morgan fingerprint density at radius 1 is 1.09 bits per heavy atom. The maximum Gasteiger partial charge on any atom is 0.235 e. The Kier molecular flexibility index (Phi) is 5.16. The molecule has 2 aromatic carbocycles. The summed E-state index contributed by atoms with van der Waals surface area (Å²) < 4.78 is 29.2. The van der Waals surface area contributed by atoms with E-state index in [1.807, 2.05) is 6.07 Å². The van der Waals surface area contributed by atoms with Gasteiger partial charge in [-0.15, -0.1) is 0 Å². The zero-order chi connectivity index (χ0) is 16.0. The third-order valence-corrected chi connectivity index (χ3v) is 4.68. The predicted molar refractivity (Wildman–Crippen MR) is 83.3 cm³/mol. The second kappa shape index (κ2) is 7.09. The van der Waals surface area contributed by atoms with E-state index in [9.17, 15) is 13.2 Å². The number of rotatable bonds is 6. The lowest BCUT2D eigenvalue weighted by molar-refractivity contribution is -0.118. The van der Waals surface area contributed by atoms with E-state index in [0.29, 0.717) is 5.75 Å². The van der Waals surface area contributed by atoms with Crippen LogP contribution in [-0.4, -0.2) is 27.2 Å². The van der Waals surface area contributed by atoms with Crippen molar-refractivity contribution in [3.8, 4) is 5.75 Å². The quantitative estimate of drug-likeness (QED) is 0.881. The molecular weight excluding hydrogens is 302 g/mol. The molecule has 2 aromatic rings. The van der Waals surface area contributed by atoms with Gasteiger partial charge in [-0.2, -0.15) is 0 Å². The van der Waals surface area contributed by atoms with Crippen molar-refractivity contribution < 1.29 is 17.9 Å². The number of benzene rings is 2. The number of amides is 1. The number of nitrogens with one attached hydrogen (secondary N) is 1. The molecule has 2 rings (SSSR count). The number of hydrogen-bond donors (Lipinski definition) is 1. The van der Waals surface area contributed by atoms with Gasteiger partial charge in [0.15, 0.2) is 9.84 Å². The second-order valence-corrected chi connectivity index (χ2v) is 6.69. The highest BCUT2D eigenvalue weighted by molar-refractivity contribution is 7.92. The largest absolute Gasteiger partial charge is 0.497 e. The van der Waals surface area contributed by atoms with Gasteiger partial charge >= 0.3 is 0 Å². The zero-order valence-electron chi connectivity index (χ0n) is 12.2. The normalized spacial score (nSPS) is 11.0. The Hall–Kier alpha value is -2.34. The predicted octanol–water partition coefficient (Wildman–Crippen LogP) is 1.79. The lowest BCUT2D eigenvalue weighted by Gasteiger charge is -2.08. The average molecular weight is 319 g/mol. The Balaban J connectivity index is 1.95. The van der Waals surface area contributed by atoms with Crippen molar-refractivity contribution >= 4 is 15.7 Å². The summed E-state index contributed by atoms with van der Waals surface area (Å²) in [5.41, 5.74) is 0.838. The fraction of sp³-hybridized carbons (Fsp3) is 0.188. The molecule has 5 nitrogen and oxygen atoms in total. The van der Waals surface area contributed by atoms with E-state index in [1.165, 1.54) is 12.1 Å². The van der Waals surface area contributed by atoms with Crippen molar-refractivity contribution in [1.82, 2.24) is 5.32 Å². The molecule has 0 saturated carbocycles. The summed E-state index contributed by atoms with van der Waals surface area (Å²) >= 11 is 0. The van der Waals surface area contributed by atoms with Crippen molar-refractivity contribution in [2.45, 2.75) is 11.4 Å². The highest BCUT2D eigenvalue weighted by Crippen LogP contribution is 2.13. The minimum atomic E-state index is -3.61. The molecule has 0 unspecified atom stereocenters. The topological polar surface area (TPSA) is 72.5 Å². The molecule has 1 N–H and O–H groups in total. The summed E-state index contributed by atoms with van der Waals surface area (Å²) in [5, 5.41) is 2.60. The van der Waals surface area contributed by atoms with Gasteiger partial charge in [0.2, 0.25) is 5.91 Å². The molecule has 0 aromatic heterocycles. The van der Waals surface area contributed by atoms with Crippen molar-refractivity contribution in [2.75, 3.05) is 12.9 Å². The zero-order valence-corrected chi connectivity index (χ0v) is 13.0. The summed E-state index contributed by atoms with van der Waals surface area (Å²) in [4.78, 5) is 12.0. The molecule has 22 heavy (non-hydrogen) atoms. The molecule has 0 fully saturated rings. The Morgan fingerprint density at radius 2 is 1.82 bits per heavy atom. The van der Waals surface area contributed by atoms with E-state index in [1.54, 1.807) is 43.5 Å². The number of hydrogen-bond acceptors (Lipinski definition) is 4. The van der Waals surface area contributed by atoms with Crippen molar-refractivity contribution in [1.29, 1.82) is 0 Å². The van der Waals surface area contributed by atoms with Gasteiger partial charge in [-0.25, -0.2) is 8.42 Å². The lowest BCUT2D eigenvalue weighted by atomic mass is 10.2. The van der Waals surface area contributed by atoms with E-state index in [4.69, 9.17) is 4.74 Å². The van der Waals surface area contributed by atoms with Gasteiger partial charge in [0.05, 0.1) is 12.0 Å². The summed E-state index contributed by atoms with van der Waals surface area (Å²) in [6.07, 6.45) is 0. The molecule has 0 bridgehead atoms. The fourth-order valence-electron chi connectivity index (χ4n) is 1.92. The Labute approximate surface area is 129 Å². The molecule has 0 aliphatic heterocycles. The van der Waals surface area contributed by atoms with Crippen molar-refractivity contribution in [2.24, 2.45) is 0 Å². The lowest BCUT2D eigenvalue weighted by Crippen LogP contribution is -2.29. The van der Waals surface area contributed by atoms with Crippen LogP contribution in [0.4, 0.5) is 0 Å². The summed E-state index contributed by atoms with van der Waals surface area (Å²) in [6.45, 7) is 0.250. The van der Waals surface area contributed by atoms with Gasteiger partial charge in [-0.3, -0.25) is 4.79 Å². The first-order valence-electron chi connectivity index (χ1n) is 6.69. The van der Waals surface area contributed by atoms with Gasteiger partial charge in [-0.1, -0.05) is 30.3 Å². The van der Waals surface area contributed by atoms with Gasteiger partial charge < -0.3 is 10.1 Å². The number of carbonyl (C=O) groups excluding carboxylic acids is 1. The minimum absolute atomic E-state index is 0.145. The SMILES string of the molecule is COc1cccc(CNC(=O)CS(=O)(=O)c2ccccc2)c1. The molecule has 116 valence electrons. The first-order chi connectivity index (χ1) is 10.5. The molecule has 1 amide bonds. The van der Waals surface area contributed by atoms with Crippen LogP contribution >= 0.6 is 0 Å². The van der Waals surface area contributed by atoms with Crippen LogP contribution in [0.2, 0.25) is 0 Å².